The monoisotopic (exact) mass is 473 g/mol. The number of benzene rings is 1. The van der Waals surface area contributed by atoms with Crippen LogP contribution in [0, 0.1) is 5.82 Å². The van der Waals surface area contributed by atoms with Gasteiger partial charge < -0.3 is 10.3 Å². The molecule has 0 saturated heterocycles. The SMILES string of the molecule is O=C(Cc1cc(F)cc(-c2cnn(C(F)(F)F)c2)c1)Nc1ncnc2nc(C3CCCC3)[nH]c12. The molecule has 0 bridgehead atoms. The van der Waals surface area contributed by atoms with Gasteiger partial charge in [0.2, 0.25) is 5.91 Å². The van der Waals surface area contributed by atoms with Crippen LogP contribution in [0.4, 0.5) is 23.4 Å². The normalized spacial score (nSPS) is 14.7. The molecule has 3 heterocycles. The van der Waals surface area contributed by atoms with Gasteiger partial charge in [0, 0.05) is 17.7 Å². The van der Waals surface area contributed by atoms with Crippen LogP contribution in [0.1, 0.15) is 43.0 Å². The van der Waals surface area contributed by atoms with Gasteiger partial charge in [-0.1, -0.05) is 18.9 Å². The van der Waals surface area contributed by atoms with Crippen molar-refractivity contribution in [3.63, 3.8) is 0 Å². The van der Waals surface area contributed by atoms with E-state index >= 15 is 0 Å². The molecule has 12 heteroatoms. The van der Waals surface area contributed by atoms with Crippen molar-refractivity contribution in [2.75, 3.05) is 5.32 Å². The number of nitrogens with zero attached hydrogens (tertiary/aromatic N) is 5. The van der Waals surface area contributed by atoms with E-state index in [-0.39, 0.29) is 33.6 Å². The zero-order valence-corrected chi connectivity index (χ0v) is 17.7. The van der Waals surface area contributed by atoms with Gasteiger partial charge in [0.25, 0.3) is 0 Å². The molecule has 4 aromatic rings. The number of H-pyrrole nitrogens is 1. The Morgan fingerprint density at radius 3 is 2.68 bits per heavy atom. The Balaban J connectivity index is 1.35. The summed E-state index contributed by atoms with van der Waals surface area (Å²) in [6.45, 7) is 0. The number of aromatic nitrogens is 6. The average molecular weight is 473 g/mol. The standard InChI is InChI=1S/C22H19F4N7O/c23-16-6-12(5-14(8-16)15-9-29-33(10-15)22(24,25)26)7-17(34)30-20-18-21(28-11-27-20)32-19(31-18)13-3-1-2-4-13/h5-6,8-11,13H,1-4,7H2,(H2,27,28,30,31,32,34). The summed E-state index contributed by atoms with van der Waals surface area (Å²) in [5.74, 6) is 0.247. The number of carbonyl (C=O) groups is 1. The summed E-state index contributed by atoms with van der Waals surface area (Å²) in [6, 6.07) is 3.69. The fourth-order valence-corrected chi connectivity index (χ4v) is 4.22. The molecule has 3 aromatic heterocycles. The number of amides is 1. The second-order valence-corrected chi connectivity index (χ2v) is 8.24. The molecule has 176 valence electrons. The minimum absolute atomic E-state index is 0.0768. The first-order valence-corrected chi connectivity index (χ1v) is 10.7. The maximum atomic E-state index is 14.2. The van der Waals surface area contributed by atoms with Crippen LogP contribution in [0.25, 0.3) is 22.3 Å². The van der Waals surface area contributed by atoms with Crippen LogP contribution in [0.5, 0.6) is 0 Å². The van der Waals surface area contributed by atoms with Crippen LogP contribution in [-0.4, -0.2) is 35.6 Å². The highest BCUT2D eigenvalue weighted by Crippen LogP contribution is 2.34. The van der Waals surface area contributed by atoms with E-state index in [4.69, 9.17) is 0 Å². The number of aromatic amines is 1. The number of hydrogen-bond donors (Lipinski definition) is 2. The van der Waals surface area contributed by atoms with E-state index in [9.17, 15) is 22.4 Å². The molecular weight excluding hydrogens is 454 g/mol. The van der Waals surface area contributed by atoms with Gasteiger partial charge in [-0.2, -0.15) is 9.78 Å². The minimum atomic E-state index is -4.68. The molecule has 8 nitrogen and oxygen atoms in total. The molecule has 0 unspecified atom stereocenters. The number of alkyl halides is 3. The fourth-order valence-electron chi connectivity index (χ4n) is 4.22. The van der Waals surface area contributed by atoms with Gasteiger partial charge in [-0.3, -0.25) is 4.79 Å². The Kier molecular flexibility index (Phi) is 5.50. The number of fused-ring (bicyclic) bond motifs is 1. The molecule has 0 spiro atoms. The maximum absolute atomic E-state index is 14.2. The summed E-state index contributed by atoms with van der Waals surface area (Å²) in [5.41, 5.74) is 1.50. The van der Waals surface area contributed by atoms with E-state index in [0.717, 1.165) is 56.0 Å². The Morgan fingerprint density at radius 2 is 1.94 bits per heavy atom. The lowest BCUT2D eigenvalue weighted by atomic mass is 10.0. The predicted octanol–water partition coefficient (Wildman–Crippen LogP) is 4.67. The van der Waals surface area contributed by atoms with Crippen molar-refractivity contribution in [2.24, 2.45) is 0 Å². The van der Waals surface area contributed by atoms with Crippen LogP contribution in [-0.2, 0) is 17.5 Å². The molecule has 0 atom stereocenters. The molecule has 1 saturated carbocycles. The highest BCUT2D eigenvalue weighted by Gasteiger charge is 2.31. The lowest BCUT2D eigenvalue weighted by molar-refractivity contribution is -0.212. The van der Waals surface area contributed by atoms with E-state index in [0.29, 0.717) is 17.1 Å². The predicted molar refractivity (Wildman–Crippen MR) is 114 cm³/mol. The van der Waals surface area contributed by atoms with Crippen LogP contribution >= 0.6 is 0 Å². The van der Waals surface area contributed by atoms with Gasteiger partial charge in [0.15, 0.2) is 11.5 Å². The van der Waals surface area contributed by atoms with Crippen LogP contribution in [0.3, 0.4) is 0 Å². The quantitative estimate of drug-likeness (QED) is 0.410. The molecule has 5 rings (SSSR count). The number of hydrogen-bond acceptors (Lipinski definition) is 5. The van der Waals surface area contributed by atoms with Gasteiger partial charge in [-0.25, -0.2) is 19.3 Å². The summed E-state index contributed by atoms with van der Waals surface area (Å²) >= 11 is 0. The molecular formula is C22H19F4N7O. The third kappa shape index (κ3) is 4.47. The minimum Gasteiger partial charge on any atom is -0.337 e. The second kappa shape index (κ2) is 8.50. The van der Waals surface area contributed by atoms with Crippen molar-refractivity contribution in [3.8, 4) is 11.1 Å². The van der Waals surface area contributed by atoms with E-state index in [1.165, 1.54) is 12.4 Å². The van der Waals surface area contributed by atoms with Crippen molar-refractivity contribution >= 4 is 22.9 Å². The number of imidazole rings is 1. The lowest BCUT2D eigenvalue weighted by Gasteiger charge is -2.07. The molecule has 1 aliphatic rings. The number of rotatable bonds is 5. The zero-order chi connectivity index (χ0) is 23.9. The van der Waals surface area contributed by atoms with Gasteiger partial charge in [-0.05, 0) is 36.1 Å². The summed E-state index contributed by atoms with van der Waals surface area (Å²) in [6.07, 6.45) is 2.52. The first-order chi connectivity index (χ1) is 16.3. The topological polar surface area (TPSA) is 101 Å². The van der Waals surface area contributed by atoms with Crippen molar-refractivity contribution in [3.05, 3.63) is 54.1 Å². The van der Waals surface area contributed by atoms with Crippen molar-refractivity contribution in [1.82, 2.24) is 29.7 Å². The summed E-state index contributed by atoms with van der Waals surface area (Å²) in [7, 11) is 0. The second-order valence-electron chi connectivity index (χ2n) is 8.24. The summed E-state index contributed by atoms with van der Waals surface area (Å²) < 4.78 is 52.4. The van der Waals surface area contributed by atoms with Crippen molar-refractivity contribution in [2.45, 2.75) is 44.3 Å². The van der Waals surface area contributed by atoms with Crippen LogP contribution in [0.2, 0.25) is 0 Å². The molecule has 2 N–H and O–H groups in total. The van der Waals surface area contributed by atoms with E-state index in [1.807, 2.05) is 0 Å². The molecule has 0 aliphatic heterocycles. The Hall–Kier alpha value is -3.83. The van der Waals surface area contributed by atoms with E-state index < -0.39 is 18.0 Å². The number of halogens is 4. The summed E-state index contributed by atoms with van der Waals surface area (Å²) in [5, 5.41) is 5.96. The van der Waals surface area contributed by atoms with Crippen molar-refractivity contribution in [1.29, 1.82) is 0 Å². The first kappa shape index (κ1) is 22.0. The van der Waals surface area contributed by atoms with Gasteiger partial charge in [-0.15, -0.1) is 13.2 Å². The Morgan fingerprint density at radius 1 is 1.15 bits per heavy atom. The smallest absolute Gasteiger partial charge is 0.337 e. The fraction of sp³-hybridized carbons (Fsp3) is 0.318. The lowest BCUT2D eigenvalue weighted by Crippen LogP contribution is -2.16. The summed E-state index contributed by atoms with van der Waals surface area (Å²) in [4.78, 5) is 28.7. The van der Waals surface area contributed by atoms with Crippen LogP contribution in [0.15, 0.2) is 36.9 Å². The van der Waals surface area contributed by atoms with Gasteiger partial charge >= 0.3 is 6.30 Å². The molecule has 1 amide bonds. The van der Waals surface area contributed by atoms with Gasteiger partial charge in [0.05, 0.1) is 12.6 Å². The van der Waals surface area contributed by atoms with E-state index in [1.54, 1.807) is 0 Å². The zero-order valence-electron chi connectivity index (χ0n) is 17.7. The van der Waals surface area contributed by atoms with Crippen LogP contribution < -0.4 is 5.32 Å². The largest absolute Gasteiger partial charge is 0.504 e. The Bertz CT molecular complexity index is 1360. The first-order valence-electron chi connectivity index (χ1n) is 10.7. The number of carbonyl (C=O) groups excluding carboxylic acids is 1. The molecule has 1 fully saturated rings. The average Bonchev–Trinajstić information content (AvgIpc) is 3.52. The number of anilines is 1. The third-order valence-electron chi connectivity index (χ3n) is 5.80. The van der Waals surface area contributed by atoms with E-state index in [2.05, 4.69) is 30.4 Å². The number of nitrogens with one attached hydrogen (secondary N) is 2. The van der Waals surface area contributed by atoms with Gasteiger partial charge in [0.1, 0.15) is 23.5 Å². The third-order valence-corrected chi connectivity index (χ3v) is 5.80. The highest BCUT2D eigenvalue weighted by molar-refractivity contribution is 5.97. The molecule has 0 radical (unpaired) electrons. The maximum Gasteiger partial charge on any atom is 0.504 e. The molecule has 34 heavy (non-hydrogen) atoms. The highest BCUT2D eigenvalue weighted by atomic mass is 19.4. The molecule has 1 aliphatic carbocycles. The Labute approximate surface area is 190 Å². The van der Waals surface area contributed by atoms with Crippen molar-refractivity contribution < 1.29 is 22.4 Å². The molecule has 1 aromatic carbocycles.